The Morgan fingerprint density at radius 3 is 2.79 bits per heavy atom. The lowest BCUT2D eigenvalue weighted by molar-refractivity contribution is 0.125. The average Bonchev–Trinajstić information content (AvgIpc) is 3.27. The van der Waals surface area contributed by atoms with Crippen LogP contribution in [0.4, 0.5) is 5.95 Å². The summed E-state index contributed by atoms with van der Waals surface area (Å²) in [5.41, 5.74) is 1.74. The molecule has 3 unspecified atom stereocenters. The molecule has 2 aliphatic rings. The van der Waals surface area contributed by atoms with Gasteiger partial charge in [0.1, 0.15) is 0 Å². The number of aliphatic hydroxyl groups excluding tert-OH is 1. The smallest absolute Gasteiger partial charge is 0.211 e. The van der Waals surface area contributed by atoms with Crippen molar-refractivity contribution in [3.05, 3.63) is 22.6 Å². The number of rotatable bonds is 3. The molecule has 3 heterocycles. The van der Waals surface area contributed by atoms with Crippen LogP contribution in [0, 0.1) is 12.3 Å². The Morgan fingerprint density at radius 2 is 2.14 bits per heavy atom. The van der Waals surface area contributed by atoms with Crippen LogP contribution in [0.2, 0.25) is 0 Å². The van der Waals surface area contributed by atoms with Gasteiger partial charge in [-0.3, -0.25) is 4.40 Å². The number of hydrogen-bond acceptors (Lipinski definition) is 5. The highest BCUT2D eigenvalue weighted by molar-refractivity contribution is 9.10. The lowest BCUT2D eigenvalue weighted by Crippen LogP contribution is -2.59. The molecule has 7 nitrogen and oxygen atoms in total. The number of anilines is 1. The minimum atomic E-state index is -1.17. The summed E-state index contributed by atoms with van der Waals surface area (Å²) in [7, 11) is -1.17. The second-order valence-electron chi connectivity index (χ2n) is 9.44. The molecule has 160 valence electrons. The Bertz CT molecular complexity index is 943. The lowest BCUT2D eigenvalue weighted by Gasteiger charge is -2.47. The van der Waals surface area contributed by atoms with Crippen LogP contribution in [0.5, 0.6) is 0 Å². The molecule has 0 bridgehead atoms. The maximum Gasteiger partial charge on any atom is 0.211 e. The number of aryl methyl sites for hydroxylation is 1. The van der Waals surface area contributed by atoms with Gasteiger partial charge < -0.3 is 10.0 Å². The van der Waals surface area contributed by atoms with Crippen LogP contribution < -0.4 is 9.62 Å². The van der Waals surface area contributed by atoms with Crippen molar-refractivity contribution in [2.24, 2.45) is 5.41 Å². The number of halogens is 1. The van der Waals surface area contributed by atoms with Gasteiger partial charge in [0.15, 0.2) is 5.65 Å². The fourth-order valence-corrected chi connectivity index (χ4v) is 5.94. The zero-order chi connectivity index (χ0) is 21.0. The molecule has 2 aromatic rings. The van der Waals surface area contributed by atoms with Gasteiger partial charge in [-0.25, -0.2) is 18.9 Å². The van der Waals surface area contributed by atoms with Crippen molar-refractivity contribution in [3.63, 3.8) is 0 Å². The van der Waals surface area contributed by atoms with Crippen molar-refractivity contribution in [3.8, 4) is 0 Å². The van der Waals surface area contributed by atoms with E-state index >= 15 is 0 Å². The van der Waals surface area contributed by atoms with Crippen LogP contribution in [0.3, 0.4) is 0 Å². The molecule has 1 aliphatic carbocycles. The van der Waals surface area contributed by atoms with Gasteiger partial charge in [0, 0.05) is 31.5 Å². The first-order chi connectivity index (χ1) is 13.6. The van der Waals surface area contributed by atoms with E-state index in [4.69, 9.17) is 4.98 Å². The van der Waals surface area contributed by atoms with E-state index in [0.29, 0.717) is 6.54 Å². The molecule has 1 aliphatic heterocycles. The Balaban J connectivity index is 1.68. The van der Waals surface area contributed by atoms with Gasteiger partial charge in [0.05, 0.1) is 32.0 Å². The highest BCUT2D eigenvalue weighted by Crippen LogP contribution is 2.47. The third-order valence-electron chi connectivity index (χ3n) is 6.37. The highest BCUT2D eigenvalue weighted by Gasteiger charge is 2.49. The third kappa shape index (κ3) is 3.86. The Kier molecular flexibility index (Phi) is 5.55. The predicted molar refractivity (Wildman–Crippen MR) is 119 cm³/mol. The number of nitrogens with zero attached hydrogens (tertiary/aromatic N) is 4. The van der Waals surface area contributed by atoms with Gasteiger partial charge in [-0.15, -0.1) is 0 Å². The SMILES string of the molecule is Cc1nc(N2CCC3(CC[C@H](O)C3)C(NS(=O)C(C)(C)C)C2)n2ccnc2c1Br. The van der Waals surface area contributed by atoms with Crippen LogP contribution in [0.1, 0.15) is 52.1 Å². The summed E-state index contributed by atoms with van der Waals surface area (Å²) < 4.78 is 19.0. The molecule has 9 heteroatoms. The van der Waals surface area contributed by atoms with Crippen molar-refractivity contribution >= 4 is 38.5 Å². The minimum Gasteiger partial charge on any atom is -0.393 e. The Morgan fingerprint density at radius 1 is 1.38 bits per heavy atom. The van der Waals surface area contributed by atoms with Crippen molar-refractivity contribution in [2.45, 2.75) is 70.3 Å². The summed E-state index contributed by atoms with van der Waals surface area (Å²) in [5.74, 6) is 0.861. The fraction of sp³-hybridized carbons (Fsp3) is 0.700. The van der Waals surface area contributed by atoms with Crippen molar-refractivity contribution in [1.82, 2.24) is 19.1 Å². The average molecular weight is 484 g/mol. The summed E-state index contributed by atoms with van der Waals surface area (Å²) in [5, 5.41) is 10.3. The van der Waals surface area contributed by atoms with Gasteiger partial charge in [-0.05, 0) is 74.7 Å². The van der Waals surface area contributed by atoms with Crippen molar-refractivity contribution in [2.75, 3.05) is 18.0 Å². The number of nitrogens with one attached hydrogen (secondary N) is 1. The molecule has 0 amide bonds. The van der Waals surface area contributed by atoms with Gasteiger partial charge >= 0.3 is 0 Å². The highest BCUT2D eigenvalue weighted by atomic mass is 79.9. The number of aliphatic hydroxyl groups is 1. The van der Waals surface area contributed by atoms with Crippen LogP contribution in [0.15, 0.2) is 16.9 Å². The number of hydrogen-bond donors (Lipinski definition) is 2. The minimum absolute atomic E-state index is 0.0186. The molecular weight excluding hydrogens is 454 g/mol. The number of fused-ring (bicyclic) bond motifs is 1. The summed E-state index contributed by atoms with van der Waals surface area (Å²) >= 11 is 3.60. The molecule has 0 radical (unpaired) electrons. The second-order valence-corrected chi connectivity index (χ2v) is 12.2. The lowest BCUT2D eigenvalue weighted by atomic mass is 9.73. The molecule has 0 aromatic carbocycles. The van der Waals surface area contributed by atoms with E-state index in [-0.39, 0.29) is 22.3 Å². The van der Waals surface area contributed by atoms with E-state index in [0.717, 1.165) is 54.0 Å². The molecule has 1 saturated carbocycles. The summed E-state index contributed by atoms with van der Waals surface area (Å²) in [6.07, 6.45) is 6.95. The maximum absolute atomic E-state index is 12.9. The molecular formula is C20H30BrN5O2S. The van der Waals surface area contributed by atoms with Gasteiger partial charge in [-0.2, -0.15) is 0 Å². The van der Waals surface area contributed by atoms with Crippen LogP contribution in [0.25, 0.3) is 5.65 Å². The van der Waals surface area contributed by atoms with Crippen molar-refractivity contribution in [1.29, 1.82) is 0 Å². The largest absolute Gasteiger partial charge is 0.393 e. The van der Waals surface area contributed by atoms with Gasteiger partial charge in [0.25, 0.3) is 0 Å². The van der Waals surface area contributed by atoms with Gasteiger partial charge in [-0.1, -0.05) is 0 Å². The zero-order valence-electron chi connectivity index (χ0n) is 17.5. The summed E-state index contributed by atoms with van der Waals surface area (Å²) in [4.78, 5) is 11.6. The quantitative estimate of drug-likeness (QED) is 0.700. The first kappa shape index (κ1) is 21.2. The van der Waals surface area contributed by atoms with Crippen LogP contribution >= 0.6 is 15.9 Å². The predicted octanol–water partition coefficient (Wildman–Crippen LogP) is 2.96. The molecule has 4 rings (SSSR count). The van der Waals surface area contributed by atoms with Gasteiger partial charge in [0.2, 0.25) is 5.95 Å². The molecule has 2 fully saturated rings. The Hall–Kier alpha value is -1.03. The molecule has 1 saturated heterocycles. The van der Waals surface area contributed by atoms with E-state index in [2.05, 4.69) is 30.5 Å². The Labute approximate surface area is 183 Å². The number of piperidine rings is 1. The normalized spacial score (nSPS) is 29.1. The van der Waals surface area contributed by atoms with Crippen LogP contribution in [-0.4, -0.2) is 53.7 Å². The van der Waals surface area contributed by atoms with E-state index in [1.165, 1.54) is 0 Å². The molecule has 1 spiro atoms. The summed E-state index contributed by atoms with van der Waals surface area (Å²) in [6, 6.07) is 0.0257. The first-order valence-electron chi connectivity index (χ1n) is 10.2. The summed E-state index contributed by atoms with van der Waals surface area (Å²) in [6.45, 7) is 9.50. The topological polar surface area (TPSA) is 82.8 Å². The van der Waals surface area contributed by atoms with E-state index in [1.54, 1.807) is 6.20 Å². The van der Waals surface area contributed by atoms with E-state index in [9.17, 15) is 9.32 Å². The molecule has 2 N–H and O–H groups in total. The molecule has 2 aromatic heterocycles. The number of aromatic nitrogens is 3. The molecule has 4 atom stereocenters. The third-order valence-corrected chi connectivity index (χ3v) is 8.91. The standard InChI is InChI=1S/C20H30BrN5O2S/c1-13-16(21)17-22-8-10-26(17)18(23-13)25-9-7-20(6-5-14(27)11-20)15(12-25)24-29(28)19(2,3)4/h8,10,14-15,24,27H,5-7,9,11-12H2,1-4H3/t14-,15?,20?,29?/m0/s1. The van der Waals surface area contributed by atoms with Crippen LogP contribution in [-0.2, 0) is 11.0 Å². The second kappa shape index (κ2) is 7.59. The zero-order valence-corrected chi connectivity index (χ0v) is 19.9. The number of imidazole rings is 1. The monoisotopic (exact) mass is 483 g/mol. The first-order valence-corrected chi connectivity index (χ1v) is 12.2. The molecule has 29 heavy (non-hydrogen) atoms. The fourth-order valence-electron chi connectivity index (χ4n) is 4.62. The van der Waals surface area contributed by atoms with E-state index in [1.807, 2.05) is 38.3 Å². The maximum atomic E-state index is 12.9. The van der Waals surface area contributed by atoms with E-state index < -0.39 is 11.0 Å². The van der Waals surface area contributed by atoms with Crippen molar-refractivity contribution < 1.29 is 9.32 Å².